The van der Waals surface area contributed by atoms with Crippen LogP contribution in [-0.2, 0) is 6.54 Å². The molecule has 1 aromatic heterocycles. The van der Waals surface area contributed by atoms with Crippen LogP contribution in [0.4, 0.5) is 10.2 Å². The third-order valence-corrected chi connectivity index (χ3v) is 3.40. The van der Waals surface area contributed by atoms with Crippen molar-refractivity contribution in [1.29, 1.82) is 0 Å². The number of pyridine rings is 1. The highest BCUT2D eigenvalue weighted by Crippen LogP contribution is 2.23. The summed E-state index contributed by atoms with van der Waals surface area (Å²) in [4.78, 5) is 6.29. The number of anilines is 1. The maximum Gasteiger partial charge on any atom is 0.170 e. The Bertz CT molecular complexity index is 398. The van der Waals surface area contributed by atoms with Crippen molar-refractivity contribution in [2.45, 2.75) is 52.1 Å². The lowest BCUT2D eigenvalue weighted by Crippen LogP contribution is -2.27. The summed E-state index contributed by atoms with van der Waals surface area (Å²) in [5.74, 6) is 0.358. The van der Waals surface area contributed by atoms with E-state index in [1.165, 1.54) is 12.8 Å². The van der Waals surface area contributed by atoms with Crippen LogP contribution in [0.1, 0.15) is 45.1 Å². The first-order chi connectivity index (χ1) is 9.26. The van der Waals surface area contributed by atoms with Gasteiger partial charge in [0.15, 0.2) is 11.6 Å². The van der Waals surface area contributed by atoms with E-state index in [2.05, 4.69) is 29.0 Å². The van der Waals surface area contributed by atoms with Gasteiger partial charge < -0.3 is 10.2 Å². The maximum absolute atomic E-state index is 14.5. The fourth-order valence-corrected chi connectivity index (χ4v) is 2.23. The van der Waals surface area contributed by atoms with E-state index in [4.69, 9.17) is 0 Å². The number of halogens is 1. The lowest BCUT2D eigenvalue weighted by molar-refractivity contribution is 0.571. The largest absolute Gasteiger partial charge is 0.354 e. The highest BCUT2D eigenvalue weighted by Gasteiger charge is 2.21. The summed E-state index contributed by atoms with van der Waals surface area (Å²) in [6.07, 6.45) is 6.17. The Balaban J connectivity index is 2.10. The van der Waals surface area contributed by atoms with E-state index in [1.807, 2.05) is 0 Å². The third-order valence-electron chi connectivity index (χ3n) is 3.40. The van der Waals surface area contributed by atoms with Gasteiger partial charge in [-0.3, -0.25) is 0 Å². The average molecular weight is 265 g/mol. The summed E-state index contributed by atoms with van der Waals surface area (Å²) in [5, 5.41) is 3.36. The van der Waals surface area contributed by atoms with Gasteiger partial charge in [-0.15, -0.1) is 0 Å². The van der Waals surface area contributed by atoms with Crippen LogP contribution in [0.25, 0.3) is 0 Å². The Hall–Kier alpha value is -1.16. The molecule has 19 heavy (non-hydrogen) atoms. The van der Waals surface area contributed by atoms with E-state index in [1.54, 1.807) is 12.3 Å². The van der Waals surface area contributed by atoms with Crippen molar-refractivity contribution in [3.8, 4) is 0 Å². The molecule has 0 aliphatic heterocycles. The highest BCUT2D eigenvalue weighted by molar-refractivity contribution is 5.43. The number of rotatable bonds is 8. The quantitative estimate of drug-likeness (QED) is 0.783. The first kappa shape index (κ1) is 14.3. The summed E-state index contributed by atoms with van der Waals surface area (Å²) in [5.41, 5.74) is 0.731. The summed E-state index contributed by atoms with van der Waals surface area (Å²) < 4.78 is 14.5. The molecule has 1 N–H and O–H groups in total. The molecule has 0 radical (unpaired) electrons. The fourth-order valence-electron chi connectivity index (χ4n) is 2.23. The zero-order valence-corrected chi connectivity index (χ0v) is 12.0. The van der Waals surface area contributed by atoms with E-state index < -0.39 is 0 Å². The second-order valence-electron chi connectivity index (χ2n) is 5.25. The SMILES string of the molecule is CCCN(CCC)c1nccc(CNC2CC2)c1F. The Morgan fingerprint density at radius 2 is 2.00 bits per heavy atom. The normalized spacial score (nSPS) is 14.7. The van der Waals surface area contributed by atoms with Gasteiger partial charge in [-0.25, -0.2) is 9.37 Å². The molecule has 0 spiro atoms. The molecule has 1 saturated carbocycles. The van der Waals surface area contributed by atoms with Crippen molar-refractivity contribution in [2.75, 3.05) is 18.0 Å². The molecule has 1 aromatic rings. The van der Waals surface area contributed by atoms with Gasteiger partial charge in [-0.1, -0.05) is 13.8 Å². The lowest BCUT2D eigenvalue weighted by atomic mass is 10.2. The fraction of sp³-hybridized carbons (Fsp3) is 0.667. The number of nitrogens with zero attached hydrogens (tertiary/aromatic N) is 2. The zero-order chi connectivity index (χ0) is 13.7. The molecule has 0 bridgehead atoms. The highest BCUT2D eigenvalue weighted by atomic mass is 19.1. The molecule has 0 amide bonds. The van der Waals surface area contributed by atoms with Crippen molar-refractivity contribution in [3.05, 3.63) is 23.6 Å². The minimum absolute atomic E-state index is 0.155. The zero-order valence-electron chi connectivity index (χ0n) is 12.0. The molecule has 1 aliphatic rings. The first-order valence-electron chi connectivity index (χ1n) is 7.38. The molecule has 106 valence electrons. The van der Waals surface area contributed by atoms with Gasteiger partial charge >= 0.3 is 0 Å². The standard InChI is InChI=1S/C15H24FN3/c1-3-9-19(10-4-2)15-14(16)12(7-8-17-15)11-18-13-5-6-13/h7-8,13,18H,3-6,9-11H2,1-2H3. The second kappa shape index (κ2) is 6.85. The van der Waals surface area contributed by atoms with Crippen LogP contribution in [0.5, 0.6) is 0 Å². The predicted molar refractivity (Wildman–Crippen MR) is 76.9 cm³/mol. The molecule has 3 nitrogen and oxygen atoms in total. The number of aromatic nitrogens is 1. The molecule has 1 heterocycles. The molecule has 1 aliphatic carbocycles. The molecule has 0 aromatic carbocycles. The minimum Gasteiger partial charge on any atom is -0.354 e. The first-order valence-corrected chi connectivity index (χ1v) is 7.38. The molecular weight excluding hydrogens is 241 g/mol. The van der Waals surface area contributed by atoms with Crippen LogP contribution < -0.4 is 10.2 Å². The minimum atomic E-state index is -0.155. The van der Waals surface area contributed by atoms with E-state index >= 15 is 0 Å². The third kappa shape index (κ3) is 3.90. The molecule has 1 fully saturated rings. The number of hydrogen-bond donors (Lipinski definition) is 1. The monoisotopic (exact) mass is 265 g/mol. The molecule has 4 heteroatoms. The van der Waals surface area contributed by atoms with E-state index in [0.717, 1.165) is 31.5 Å². The van der Waals surface area contributed by atoms with Crippen LogP contribution >= 0.6 is 0 Å². The predicted octanol–water partition coefficient (Wildman–Crippen LogP) is 3.10. The van der Waals surface area contributed by atoms with Gasteiger partial charge in [0, 0.05) is 37.4 Å². The van der Waals surface area contributed by atoms with Gasteiger partial charge in [0.25, 0.3) is 0 Å². The Kier molecular flexibility index (Phi) is 5.14. The Labute approximate surface area is 115 Å². The van der Waals surface area contributed by atoms with Crippen molar-refractivity contribution < 1.29 is 4.39 Å². The molecular formula is C15H24FN3. The van der Waals surface area contributed by atoms with Gasteiger partial charge in [-0.2, -0.15) is 0 Å². The van der Waals surface area contributed by atoms with Gasteiger partial charge in [0.2, 0.25) is 0 Å². The Morgan fingerprint density at radius 3 is 2.58 bits per heavy atom. The molecule has 0 saturated heterocycles. The van der Waals surface area contributed by atoms with Gasteiger partial charge in [0.1, 0.15) is 0 Å². The molecule has 0 unspecified atom stereocenters. The second-order valence-corrected chi connectivity index (χ2v) is 5.25. The van der Waals surface area contributed by atoms with Crippen LogP contribution in [0.15, 0.2) is 12.3 Å². The summed E-state index contributed by atoms with van der Waals surface area (Å²) in [6, 6.07) is 2.38. The van der Waals surface area contributed by atoms with Crippen LogP contribution in [0.2, 0.25) is 0 Å². The number of nitrogens with one attached hydrogen (secondary N) is 1. The lowest BCUT2D eigenvalue weighted by Gasteiger charge is -2.23. The molecule has 0 atom stereocenters. The van der Waals surface area contributed by atoms with Crippen molar-refractivity contribution in [3.63, 3.8) is 0 Å². The topological polar surface area (TPSA) is 28.2 Å². The Morgan fingerprint density at radius 1 is 1.32 bits per heavy atom. The van der Waals surface area contributed by atoms with E-state index in [9.17, 15) is 4.39 Å². The van der Waals surface area contributed by atoms with Gasteiger partial charge in [0.05, 0.1) is 0 Å². The summed E-state index contributed by atoms with van der Waals surface area (Å²) in [7, 11) is 0. The molecule has 2 rings (SSSR count). The summed E-state index contributed by atoms with van der Waals surface area (Å²) in [6.45, 7) is 6.55. The van der Waals surface area contributed by atoms with Gasteiger partial charge in [-0.05, 0) is 31.7 Å². The van der Waals surface area contributed by atoms with Crippen molar-refractivity contribution >= 4 is 5.82 Å². The van der Waals surface area contributed by atoms with Crippen LogP contribution in [-0.4, -0.2) is 24.1 Å². The smallest absolute Gasteiger partial charge is 0.170 e. The van der Waals surface area contributed by atoms with Crippen molar-refractivity contribution in [2.24, 2.45) is 0 Å². The van der Waals surface area contributed by atoms with Crippen molar-refractivity contribution in [1.82, 2.24) is 10.3 Å². The summed E-state index contributed by atoms with van der Waals surface area (Å²) >= 11 is 0. The van der Waals surface area contributed by atoms with E-state index in [-0.39, 0.29) is 5.82 Å². The number of hydrogen-bond acceptors (Lipinski definition) is 3. The van der Waals surface area contributed by atoms with Crippen LogP contribution in [0.3, 0.4) is 0 Å². The van der Waals surface area contributed by atoms with E-state index in [0.29, 0.717) is 18.4 Å². The maximum atomic E-state index is 14.5. The van der Waals surface area contributed by atoms with Crippen LogP contribution in [0, 0.1) is 5.82 Å². The average Bonchev–Trinajstić information content (AvgIpc) is 3.22.